The highest BCUT2D eigenvalue weighted by Crippen LogP contribution is 2.36. The monoisotopic (exact) mass is 416 g/mol. The number of hydrogen-bond acceptors (Lipinski definition) is 1. The molecule has 0 aliphatic rings. The molecule has 0 spiro atoms. The van der Waals surface area contributed by atoms with E-state index in [1.165, 1.54) is 5.56 Å². The minimum absolute atomic E-state index is 0.197. The van der Waals surface area contributed by atoms with E-state index < -0.39 is 0 Å². The molecule has 1 nitrogen and oxygen atoms in total. The van der Waals surface area contributed by atoms with Crippen molar-refractivity contribution < 1.29 is 4.74 Å². The third-order valence-corrected chi connectivity index (χ3v) is 4.50. The van der Waals surface area contributed by atoms with Gasteiger partial charge >= 0.3 is 0 Å². The van der Waals surface area contributed by atoms with Crippen LogP contribution in [-0.2, 0) is 6.42 Å². The summed E-state index contributed by atoms with van der Waals surface area (Å²) in [6.45, 7) is 2.66. The zero-order valence-electron chi connectivity index (χ0n) is 11.1. The third kappa shape index (κ3) is 4.24. The van der Waals surface area contributed by atoms with Crippen LogP contribution in [0.15, 0.2) is 46.9 Å². The van der Waals surface area contributed by atoms with Crippen LogP contribution in [0.3, 0.4) is 0 Å². The van der Waals surface area contributed by atoms with Crippen LogP contribution in [0.25, 0.3) is 0 Å². The first-order valence-corrected chi connectivity index (χ1v) is 8.49. The average molecular weight is 419 g/mol. The first-order chi connectivity index (χ1) is 9.60. The minimum atomic E-state index is 0.197. The van der Waals surface area contributed by atoms with Crippen LogP contribution in [0, 0.1) is 0 Å². The summed E-state index contributed by atoms with van der Waals surface area (Å²) in [5.74, 6) is 0.923. The second-order valence-corrected chi connectivity index (χ2v) is 6.87. The molecular formula is C16H15Br2ClO. The summed E-state index contributed by atoms with van der Waals surface area (Å²) in [7, 11) is 0. The first kappa shape index (κ1) is 15.9. The molecule has 0 radical (unpaired) electrons. The lowest BCUT2D eigenvalue weighted by Crippen LogP contribution is -2.01. The average Bonchev–Trinajstić information content (AvgIpc) is 2.43. The lowest BCUT2D eigenvalue weighted by atomic mass is 10.0. The molecule has 0 saturated carbocycles. The first-order valence-electron chi connectivity index (χ1n) is 6.41. The van der Waals surface area contributed by atoms with Gasteiger partial charge in [0, 0.05) is 19.9 Å². The van der Waals surface area contributed by atoms with Crippen molar-refractivity contribution in [1.82, 2.24) is 0 Å². The molecule has 1 unspecified atom stereocenters. The molecule has 106 valence electrons. The van der Waals surface area contributed by atoms with Crippen LogP contribution in [0.2, 0.25) is 5.02 Å². The number of rotatable bonds is 5. The van der Waals surface area contributed by atoms with Crippen LogP contribution in [-0.4, -0.2) is 6.61 Å². The molecule has 2 rings (SSSR count). The van der Waals surface area contributed by atoms with Gasteiger partial charge in [0.25, 0.3) is 0 Å². The minimum Gasteiger partial charge on any atom is -0.494 e. The van der Waals surface area contributed by atoms with Gasteiger partial charge in [-0.25, -0.2) is 0 Å². The Bertz CT molecular complexity index is 569. The zero-order valence-corrected chi connectivity index (χ0v) is 15.0. The Kier molecular flexibility index (Phi) is 5.94. The summed E-state index contributed by atoms with van der Waals surface area (Å²) >= 11 is 13.2. The smallest absolute Gasteiger partial charge is 0.123 e. The van der Waals surface area contributed by atoms with Crippen molar-refractivity contribution in [3.05, 3.63) is 63.1 Å². The topological polar surface area (TPSA) is 9.23 Å². The molecule has 0 bridgehead atoms. The van der Waals surface area contributed by atoms with Gasteiger partial charge in [0.1, 0.15) is 5.75 Å². The fourth-order valence-corrected chi connectivity index (χ4v) is 3.22. The molecule has 0 aromatic heterocycles. The van der Waals surface area contributed by atoms with Crippen LogP contribution in [0.1, 0.15) is 22.9 Å². The van der Waals surface area contributed by atoms with Crippen molar-refractivity contribution in [3.63, 3.8) is 0 Å². The molecule has 0 aliphatic carbocycles. The van der Waals surface area contributed by atoms with Gasteiger partial charge in [-0.2, -0.15) is 0 Å². The van der Waals surface area contributed by atoms with Crippen LogP contribution < -0.4 is 4.74 Å². The van der Waals surface area contributed by atoms with E-state index in [0.717, 1.165) is 27.2 Å². The lowest BCUT2D eigenvalue weighted by Gasteiger charge is -2.16. The van der Waals surface area contributed by atoms with E-state index in [0.29, 0.717) is 6.61 Å². The number of halogens is 3. The van der Waals surface area contributed by atoms with E-state index in [-0.39, 0.29) is 4.83 Å². The Labute approximate surface area is 141 Å². The molecule has 20 heavy (non-hydrogen) atoms. The number of hydrogen-bond donors (Lipinski definition) is 0. The van der Waals surface area contributed by atoms with E-state index in [9.17, 15) is 0 Å². The molecular weight excluding hydrogens is 403 g/mol. The Hall–Kier alpha value is -0.510. The maximum atomic E-state index is 5.91. The number of alkyl halides is 1. The van der Waals surface area contributed by atoms with E-state index in [1.807, 2.05) is 31.2 Å². The van der Waals surface area contributed by atoms with Gasteiger partial charge in [-0.3, -0.25) is 0 Å². The summed E-state index contributed by atoms with van der Waals surface area (Å²) < 4.78 is 6.75. The predicted octanol–water partition coefficient (Wildman–Crippen LogP) is 6.18. The Morgan fingerprint density at radius 2 is 1.85 bits per heavy atom. The largest absolute Gasteiger partial charge is 0.494 e. The molecule has 2 aromatic carbocycles. The quantitative estimate of drug-likeness (QED) is 0.527. The fourth-order valence-electron chi connectivity index (χ4n) is 1.99. The Morgan fingerprint density at radius 3 is 2.50 bits per heavy atom. The maximum absolute atomic E-state index is 5.91. The van der Waals surface area contributed by atoms with E-state index in [1.54, 1.807) is 0 Å². The molecule has 1 atom stereocenters. The van der Waals surface area contributed by atoms with Crippen molar-refractivity contribution in [2.45, 2.75) is 18.2 Å². The predicted molar refractivity (Wildman–Crippen MR) is 92.1 cm³/mol. The SMILES string of the molecule is CCOc1ccc(Br)cc1C(Br)Cc1ccc(Cl)cc1. The van der Waals surface area contributed by atoms with Gasteiger partial charge in [0.15, 0.2) is 0 Å². The van der Waals surface area contributed by atoms with Gasteiger partial charge in [-0.1, -0.05) is 55.6 Å². The van der Waals surface area contributed by atoms with Gasteiger partial charge in [0.05, 0.1) is 6.61 Å². The summed E-state index contributed by atoms with van der Waals surface area (Å²) in [5, 5.41) is 0.761. The zero-order chi connectivity index (χ0) is 14.5. The molecule has 0 N–H and O–H groups in total. The highest BCUT2D eigenvalue weighted by atomic mass is 79.9. The number of ether oxygens (including phenoxy) is 1. The van der Waals surface area contributed by atoms with Crippen LogP contribution in [0.5, 0.6) is 5.75 Å². The molecule has 0 aliphatic heterocycles. The Balaban J connectivity index is 2.21. The van der Waals surface area contributed by atoms with Crippen LogP contribution in [0.4, 0.5) is 0 Å². The van der Waals surface area contributed by atoms with Gasteiger partial charge in [-0.15, -0.1) is 0 Å². The normalized spacial score (nSPS) is 12.2. The van der Waals surface area contributed by atoms with E-state index in [4.69, 9.17) is 16.3 Å². The summed E-state index contributed by atoms with van der Waals surface area (Å²) in [5.41, 5.74) is 2.38. The number of benzene rings is 2. The molecule has 0 heterocycles. The second-order valence-electron chi connectivity index (χ2n) is 4.41. The van der Waals surface area contributed by atoms with Crippen LogP contribution >= 0.6 is 43.5 Å². The summed E-state index contributed by atoms with van der Waals surface area (Å²) in [4.78, 5) is 0.197. The molecule has 4 heteroatoms. The highest BCUT2D eigenvalue weighted by Gasteiger charge is 2.14. The van der Waals surface area contributed by atoms with Gasteiger partial charge in [0.2, 0.25) is 0 Å². The second kappa shape index (κ2) is 7.48. The maximum Gasteiger partial charge on any atom is 0.123 e. The van der Waals surface area contributed by atoms with Crippen molar-refractivity contribution >= 4 is 43.5 Å². The molecule has 2 aromatic rings. The van der Waals surface area contributed by atoms with Crippen molar-refractivity contribution in [1.29, 1.82) is 0 Å². The highest BCUT2D eigenvalue weighted by molar-refractivity contribution is 9.10. The fraction of sp³-hybridized carbons (Fsp3) is 0.250. The van der Waals surface area contributed by atoms with E-state index >= 15 is 0 Å². The van der Waals surface area contributed by atoms with Crippen molar-refractivity contribution in [3.8, 4) is 5.75 Å². The van der Waals surface area contributed by atoms with Crippen molar-refractivity contribution in [2.75, 3.05) is 6.61 Å². The Morgan fingerprint density at radius 1 is 1.15 bits per heavy atom. The van der Waals surface area contributed by atoms with Crippen molar-refractivity contribution in [2.24, 2.45) is 0 Å². The van der Waals surface area contributed by atoms with E-state index in [2.05, 4.69) is 50.1 Å². The third-order valence-electron chi connectivity index (χ3n) is 2.94. The standard InChI is InChI=1S/C16H15Br2ClO/c1-2-20-16-8-5-12(17)10-14(16)15(18)9-11-3-6-13(19)7-4-11/h3-8,10,15H,2,9H2,1H3. The van der Waals surface area contributed by atoms with Gasteiger partial charge in [-0.05, 0) is 49.2 Å². The molecule has 0 fully saturated rings. The molecule has 0 saturated heterocycles. The summed E-state index contributed by atoms with van der Waals surface area (Å²) in [6, 6.07) is 14.0. The lowest BCUT2D eigenvalue weighted by molar-refractivity contribution is 0.336. The summed E-state index contributed by atoms with van der Waals surface area (Å²) in [6.07, 6.45) is 0.883. The van der Waals surface area contributed by atoms with Gasteiger partial charge < -0.3 is 4.74 Å². The molecule has 0 amide bonds.